The molecule has 2 rings (SSSR count). The fraction of sp³-hybridized carbons (Fsp3) is 0.200. The Labute approximate surface area is 100.0 Å². The molecule has 1 aliphatic rings. The summed E-state index contributed by atoms with van der Waals surface area (Å²) in [6.45, 7) is 0. The highest BCUT2D eigenvalue weighted by Gasteiger charge is 2.39. The molecule has 0 aromatic heterocycles. The van der Waals surface area contributed by atoms with Gasteiger partial charge in [-0.1, -0.05) is 18.2 Å². The van der Waals surface area contributed by atoms with Gasteiger partial charge in [-0.05, 0) is 34.2 Å². The summed E-state index contributed by atoms with van der Waals surface area (Å²) in [5, 5.41) is 9.34. The van der Waals surface area contributed by atoms with Crippen molar-refractivity contribution in [1.82, 2.24) is 5.06 Å². The van der Waals surface area contributed by atoms with E-state index in [1.165, 1.54) is 0 Å². The topological polar surface area (TPSA) is 57.6 Å². The zero-order chi connectivity index (χ0) is 11.0. The quantitative estimate of drug-likeness (QED) is 0.485. The van der Waals surface area contributed by atoms with E-state index in [-0.39, 0.29) is 11.5 Å². The lowest BCUT2D eigenvalue weighted by molar-refractivity contribution is -0.171. The number of hydrogen-bond acceptors (Lipinski definition) is 3. The van der Waals surface area contributed by atoms with E-state index in [1.807, 2.05) is 18.2 Å². The van der Waals surface area contributed by atoms with E-state index in [0.717, 1.165) is 9.13 Å². The van der Waals surface area contributed by atoms with Gasteiger partial charge in [-0.3, -0.25) is 14.8 Å². The van der Waals surface area contributed by atoms with Gasteiger partial charge in [0.1, 0.15) is 0 Å². The van der Waals surface area contributed by atoms with Gasteiger partial charge in [-0.25, -0.2) is 0 Å². The van der Waals surface area contributed by atoms with Crippen molar-refractivity contribution in [1.29, 1.82) is 0 Å². The molecular weight excluding hydrogens is 309 g/mol. The molecule has 2 amide bonds. The highest BCUT2D eigenvalue weighted by molar-refractivity contribution is 14.1. The lowest BCUT2D eigenvalue weighted by atomic mass is 9.98. The van der Waals surface area contributed by atoms with Crippen LogP contribution < -0.4 is 0 Å². The second kappa shape index (κ2) is 3.90. The van der Waals surface area contributed by atoms with E-state index >= 15 is 0 Å². The maximum Gasteiger partial charge on any atom is 0.261 e. The van der Waals surface area contributed by atoms with E-state index in [0.29, 0.717) is 0 Å². The number of imide groups is 1. The van der Waals surface area contributed by atoms with Crippen molar-refractivity contribution in [3.05, 3.63) is 33.4 Å². The Hall–Kier alpha value is -0.950. The van der Waals surface area contributed by atoms with Crippen molar-refractivity contribution >= 4 is 34.4 Å². The van der Waals surface area contributed by atoms with Crippen molar-refractivity contribution in [2.24, 2.45) is 0 Å². The summed E-state index contributed by atoms with van der Waals surface area (Å²) >= 11 is 2.11. The lowest BCUT2D eigenvalue weighted by Gasteiger charge is -2.09. The molecule has 1 heterocycles. The van der Waals surface area contributed by atoms with Crippen molar-refractivity contribution < 1.29 is 14.8 Å². The number of rotatable bonds is 1. The Morgan fingerprint density at radius 2 is 2.00 bits per heavy atom. The minimum Gasteiger partial charge on any atom is -0.278 e. The highest BCUT2D eigenvalue weighted by atomic mass is 127. The summed E-state index contributed by atoms with van der Waals surface area (Å²) in [6, 6.07) is 7.35. The number of hydrogen-bond donors (Lipinski definition) is 1. The molecule has 0 bridgehead atoms. The zero-order valence-electron chi connectivity index (χ0n) is 7.68. The zero-order valence-corrected chi connectivity index (χ0v) is 9.84. The molecule has 1 atom stereocenters. The Morgan fingerprint density at radius 3 is 2.53 bits per heavy atom. The van der Waals surface area contributed by atoms with Crippen LogP contribution in [0.4, 0.5) is 0 Å². The van der Waals surface area contributed by atoms with Gasteiger partial charge in [-0.2, -0.15) is 5.06 Å². The third-order valence-electron chi connectivity index (χ3n) is 2.40. The maximum atomic E-state index is 11.5. The largest absolute Gasteiger partial charge is 0.278 e. The van der Waals surface area contributed by atoms with E-state index < -0.39 is 17.7 Å². The van der Waals surface area contributed by atoms with Crippen LogP contribution in [-0.2, 0) is 9.59 Å². The first-order chi connectivity index (χ1) is 7.11. The highest BCUT2D eigenvalue weighted by Crippen LogP contribution is 2.31. The first-order valence-corrected chi connectivity index (χ1v) is 5.49. The molecule has 1 aliphatic heterocycles. The average Bonchev–Trinajstić information content (AvgIpc) is 2.47. The third kappa shape index (κ3) is 1.76. The molecule has 0 aliphatic carbocycles. The Balaban J connectivity index is 2.38. The first kappa shape index (κ1) is 10.6. The molecule has 0 spiro atoms. The standard InChI is InChI=1S/C10H8INO3/c11-8-4-2-1-3-6(8)7-5-9(13)12(15)10(7)14/h1-4,7,15H,5H2. The van der Waals surface area contributed by atoms with E-state index in [1.54, 1.807) is 6.07 Å². The monoisotopic (exact) mass is 317 g/mol. The van der Waals surface area contributed by atoms with Crippen molar-refractivity contribution in [3.8, 4) is 0 Å². The molecule has 1 unspecified atom stereocenters. The number of hydroxylamine groups is 2. The Kier molecular flexibility index (Phi) is 2.74. The second-order valence-electron chi connectivity index (χ2n) is 3.32. The molecule has 5 heteroatoms. The van der Waals surface area contributed by atoms with Crippen LogP contribution in [0.1, 0.15) is 17.9 Å². The maximum absolute atomic E-state index is 11.5. The number of carbonyl (C=O) groups excluding carboxylic acids is 2. The third-order valence-corrected chi connectivity index (χ3v) is 3.38. The molecule has 0 radical (unpaired) electrons. The van der Waals surface area contributed by atoms with Crippen LogP contribution in [0.15, 0.2) is 24.3 Å². The van der Waals surface area contributed by atoms with Crippen LogP contribution in [0, 0.1) is 3.57 Å². The summed E-state index contributed by atoms with van der Waals surface area (Å²) in [4.78, 5) is 22.7. The van der Waals surface area contributed by atoms with Crippen molar-refractivity contribution in [3.63, 3.8) is 0 Å². The molecule has 4 nitrogen and oxygen atoms in total. The van der Waals surface area contributed by atoms with Gasteiger partial charge in [0.25, 0.3) is 11.8 Å². The summed E-state index contributed by atoms with van der Waals surface area (Å²) in [5.41, 5.74) is 0.799. The van der Waals surface area contributed by atoms with E-state index in [2.05, 4.69) is 22.6 Å². The molecule has 1 saturated heterocycles. The van der Waals surface area contributed by atoms with Crippen LogP contribution >= 0.6 is 22.6 Å². The predicted octanol–water partition coefficient (Wildman–Crippen LogP) is 1.52. The van der Waals surface area contributed by atoms with Gasteiger partial charge in [0.2, 0.25) is 0 Å². The van der Waals surface area contributed by atoms with Crippen molar-refractivity contribution in [2.75, 3.05) is 0 Å². The molecule has 1 N–H and O–H groups in total. The number of carbonyl (C=O) groups is 2. The lowest BCUT2D eigenvalue weighted by Crippen LogP contribution is -2.26. The Bertz CT molecular complexity index is 432. The van der Waals surface area contributed by atoms with Gasteiger partial charge < -0.3 is 0 Å². The number of nitrogens with zero attached hydrogens (tertiary/aromatic N) is 1. The summed E-state index contributed by atoms with van der Waals surface area (Å²) in [5.74, 6) is -1.61. The van der Waals surface area contributed by atoms with Gasteiger partial charge in [-0.15, -0.1) is 0 Å². The van der Waals surface area contributed by atoms with Crippen molar-refractivity contribution in [2.45, 2.75) is 12.3 Å². The predicted molar refractivity (Wildman–Crippen MR) is 60.2 cm³/mol. The number of benzene rings is 1. The fourth-order valence-electron chi connectivity index (χ4n) is 1.62. The normalized spacial score (nSPS) is 21.2. The SMILES string of the molecule is O=C1CC(c2ccccc2I)C(=O)N1O. The van der Waals surface area contributed by atoms with Gasteiger partial charge in [0, 0.05) is 9.99 Å². The molecular formula is C10H8INO3. The Morgan fingerprint density at radius 1 is 1.33 bits per heavy atom. The van der Waals surface area contributed by atoms with Crippen LogP contribution in [0.5, 0.6) is 0 Å². The minimum absolute atomic E-state index is 0.0509. The van der Waals surface area contributed by atoms with Gasteiger partial charge in [0.15, 0.2) is 0 Å². The molecule has 1 aromatic rings. The number of amides is 2. The molecule has 1 aromatic carbocycles. The fourth-order valence-corrected chi connectivity index (χ4v) is 2.38. The molecule has 15 heavy (non-hydrogen) atoms. The molecule has 0 saturated carbocycles. The van der Waals surface area contributed by atoms with Gasteiger partial charge in [0.05, 0.1) is 5.92 Å². The van der Waals surface area contributed by atoms with E-state index in [4.69, 9.17) is 5.21 Å². The van der Waals surface area contributed by atoms with Crippen LogP contribution in [0.2, 0.25) is 0 Å². The summed E-state index contributed by atoms with van der Waals surface area (Å²) in [6.07, 6.45) is 0.0509. The van der Waals surface area contributed by atoms with Crippen LogP contribution in [0.25, 0.3) is 0 Å². The molecule has 78 valence electrons. The first-order valence-electron chi connectivity index (χ1n) is 4.41. The van der Waals surface area contributed by atoms with Gasteiger partial charge >= 0.3 is 0 Å². The van der Waals surface area contributed by atoms with E-state index in [9.17, 15) is 9.59 Å². The van der Waals surface area contributed by atoms with Crippen LogP contribution in [-0.4, -0.2) is 22.1 Å². The average molecular weight is 317 g/mol. The smallest absolute Gasteiger partial charge is 0.261 e. The summed E-state index contributed by atoms with van der Waals surface area (Å²) < 4.78 is 0.927. The second-order valence-corrected chi connectivity index (χ2v) is 4.48. The molecule has 1 fully saturated rings. The number of halogens is 1. The minimum atomic E-state index is -0.538. The van der Waals surface area contributed by atoms with Crippen LogP contribution in [0.3, 0.4) is 0 Å². The summed E-state index contributed by atoms with van der Waals surface area (Å²) in [7, 11) is 0.